The van der Waals surface area contributed by atoms with Crippen LogP contribution in [0.2, 0.25) is 0 Å². The predicted molar refractivity (Wildman–Crippen MR) is 93.2 cm³/mol. The number of ether oxygens (including phenoxy) is 1. The molecule has 2 N–H and O–H groups in total. The van der Waals surface area contributed by atoms with Crippen LogP contribution in [0.1, 0.15) is 16.7 Å². The molecule has 0 atom stereocenters. The number of carbonyl (C=O) groups excluding carboxylic acids is 1. The maximum atomic E-state index is 10.6. The third-order valence-electron chi connectivity index (χ3n) is 3.61. The Morgan fingerprint density at radius 1 is 1.22 bits per heavy atom. The normalized spacial score (nSPS) is 11.0. The van der Waals surface area contributed by atoms with Crippen LogP contribution in [0.25, 0.3) is 0 Å². The molecule has 2 rings (SSSR count). The van der Waals surface area contributed by atoms with Gasteiger partial charge < -0.3 is 10.1 Å². The van der Waals surface area contributed by atoms with E-state index in [1.54, 1.807) is 7.11 Å². The van der Waals surface area contributed by atoms with Gasteiger partial charge in [-0.2, -0.15) is 5.10 Å². The number of nitrogens with zero attached hydrogens (tertiary/aromatic N) is 1. The zero-order valence-electron chi connectivity index (χ0n) is 13.6. The molecule has 0 bridgehead atoms. The predicted octanol–water partition coefficient (Wildman–Crippen LogP) is 2.74. The lowest BCUT2D eigenvalue weighted by Gasteiger charge is -2.11. The molecule has 1 amide bonds. The van der Waals surface area contributed by atoms with Gasteiger partial charge in [-0.25, -0.2) is 5.43 Å². The fraction of sp³-hybridized carbons (Fsp3) is 0.222. The number of anilines is 1. The maximum absolute atomic E-state index is 10.6. The summed E-state index contributed by atoms with van der Waals surface area (Å²) in [7, 11) is 3.53. The minimum Gasteiger partial charge on any atom is -0.497 e. The Morgan fingerprint density at radius 2 is 1.96 bits per heavy atom. The molecule has 0 saturated heterocycles. The van der Waals surface area contributed by atoms with Crippen molar-refractivity contribution < 1.29 is 9.53 Å². The fourth-order valence-electron chi connectivity index (χ4n) is 2.37. The van der Waals surface area contributed by atoms with E-state index in [0.717, 1.165) is 33.8 Å². The van der Waals surface area contributed by atoms with E-state index in [1.807, 2.05) is 56.4 Å². The SMILES string of the molecule is CNc1ccc(C/C(=N/NC=O)c2ccc(OC)cc2C)cc1. The topological polar surface area (TPSA) is 62.7 Å². The molecule has 0 heterocycles. The van der Waals surface area contributed by atoms with Gasteiger partial charge in [0.05, 0.1) is 12.8 Å². The third-order valence-corrected chi connectivity index (χ3v) is 3.61. The molecule has 0 aliphatic rings. The molecular weight excluding hydrogens is 290 g/mol. The molecule has 23 heavy (non-hydrogen) atoms. The van der Waals surface area contributed by atoms with Crippen LogP contribution in [0.15, 0.2) is 47.6 Å². The molecule has 0 aliphatic heterocycles. The Balaban J connectivity index is 2.31. The van der Waals surface area contributed by atoms with Gasteiger partial charge in [-0.1, -0.05) is 12.1 Å². The van der Waals surface area contributed by atoms with Gasteiger partial charge in [0.1, 0.15) is 5.75 Å². The molecule has 0 fully saturated rings. The highest BCUT2D eigenvalue weighted by atomic mass is 16.5. The quantitative estimate of drug-likeness (QED) is 0.469. The van der Waals surface area contributed by atoms with Crippen molar-refractivity contribution in [3.63, 3.8) is 0 Å². The van der Waals surface area contributed by atoms with Crippen LogP contribution >= 0.6 is 0 Å². The molecule has 2 aromatic carbocycles. The Hall–Kier alpha value is -2.82. The highest BCUT2D eigenvalue weighted by molar-refractivity contribution is 6.03. The summed E-state index contributed by atoms with van der Waals surface area (Å²) < 4.78 is 5.24. The van der Waals surface area contributed by atoms with E-state index in [0.29, 0.717) is 12.8 Å². The van der Waals surface area contributed by atoms with E-state index < -0.39 is 0 Å². The number of hydrazone groups is 1. The van der Waals surface area contributed by atoms with E-state index in [4.69, 9.17) is 4.74 Å². The molecule has 0 spiro atoms. The zero-order chi connectivity index (χ0) is 16.7. The first kappa shape index (κ1) is 16.5. The van der Waals surface area contributed by atoms with Gasteiger partial charge in [0.15, 0.2) is 0 Å². The van der Waals surface area contributed by atoms with Crippen LogP contribution in [0.3, 0.4) is 0 Å². The summed E-state index contributed by atoms with van der Waals surface area (Å²) in [6.45, 7) is 2.00. The molecule has 5 nitrogen and oxygen atoms in total. The summed E-state index contributed by atoms with van der Waals surface area (Å²) in [5.41, 5.74) is 7.41. The molecular formula is C18H21N3O2. The van der Waals surface area contributed by atoms with Crippen molar-refractivity contribution in [2.24, 2.45) is 5.10 Å². The Bertz CT molecular complexity index is 694. The zero-order valence-corrected chi connectivity index (χ0v) is 13.6. The maximum Gasteiger partial charge on any atom is 0.227 e. The van der Waals surface area contributed by atoms with Crippen LogP contribution < -0.4 is 15.5 Å². The smallest absolute Gasteiger partial charge is 0.227 e. The van der Waals surface area contributed by atoms with Crippen LogP contribution in [0.4, 0.5) is 5.69 Å². The van der Waals surface area contributed by atoms with Gasteiger partial charge >= 0.3 is 0 Å². The summed E-state index contributed by atoms with van der Waals surface area (Å²) in [6.07, 6.45) is 1.20. The van der Waals surface area contributed by atoms with Gasteiger partial charge in [-0.3, -0.25) is 4.79 Å². The monoisotopic (exact) mass is 311 g/mol. The Morgan fingerprint density at radius 3 is 2.52 bits per heavy atom. The van der Waals surface area contributed by atoms with Crippen LogP contribution in [0.5, 0.6) is 5.75 Å². The molecule has 5 heteroatoms. The van der Waals surface area contributed by atoms with Crippen molar-refractivity contribution >= 4 is 17.8 Å². The summed E-state index contributed by atoms with van der Waals surface area (Å²) in [4.78, 5) is 10.6. The number of methoxy groups -OCH3 is 1. The molecule has 0 aromatic heterocycles. The number of rotatable bonds is 7. The molecule has 0 aliphatic carbocycles. The van der Waals surface area contributed by atoms with Crippen molar-refractivity contribution in [3.8, 4) is 5.75 Å². The second kappa shape index (κ2) is 7.98. The van der Waals surface area contributed by atoms with Gasteiger partial charge in [0, 0.05) is 24.7 Å². The van der Waals surface area contributed by atoms with E-state index in [-0.39, 0.29) is 0 Å². The van der Waals surface area contributed by atoms with Gasteiger partial charge in [0.2, 0.25) is 6.41 Å². The lowest BCUT2D eigenvalue weighted by molar-refractivity contribution is -0.109. The number of amides is 1. The van der Waals surface area contributed by atoms with E-state index in [9.17, 15) is 4.79 Å². The number of hydrogen-bond acceptors (Lipinski definition) is 4. The number of benzene rings is 2. The number of hydrogen-bond donors (Lipinski definition) is 2. The van der Waals surface area contributed by atoms with Gasteiger partial charge in [-0.15, -0.1) is 0 Å². The second-order valence-electron chi connectivity index (χ2n) is 5.11. The van der Waals surface area contributed by atoms with Gasteiger partial charge in [0.25, 0.3) is 0 Å². The molecule has 120 valence electrons. The number of aryl methyl sites for hydroxylation is 1. The molecule has 0 saturated carbocycles. The van der Waals surface area contributed by atoms with E-state index >= 15 is 0 Å². The summed E-state index contributed by atoms with van der Waals surface area (Å²) in [5, 5.41) is 7.30. The first-order chi connectivity index (χ1) is 11.2. The Labute approximate surface area is 136 Å². The molecule has 2 aromatic rings. The average molecular weight is 311 g/mol. The van der Waals surface area contributed by atoms with Crippen LogP contribution in [0, 0.1) is 6.92 Å². The molecule has 0 unspecified atom stereocenters. The summed E-state index contributed by atoms with van der Waals surface area (Å²) >= 11 is 0. The highest BCUT2D eigenvalue weighted by Gasteiger charge is 2.10. The second-order valence-corrected chi connectivity index (χ2v) is 5.11. The number of nitrogens with one attached hydrogen (secondary N) is 2. The highest BCUT2D eigenvalue weighted by Crippen LogP contribution is 2.19. The van der Waals surface area contributed by atoms with E-state index in [1.165, 1.54) is 0 Å². The van der Waals surface area contributed by atoms with E-state index in [2.05, 4.69) is 15.8 Å². The fourth-order valence-corrected chi connectivity index (χ4v) is 2.37. The standard InChI is InChI=1S/C18H21N3O2/c1-13-10-16(23-3)8-9-17(13)18(21-20-12-22)11-14-4-6-15(19-2)7-5-14/h4-10,12,19H,11H2,1-3H3,(H,20,22)/b21-18-. The van der Waals surface area contributed by atoms with Crippen molar-refractivity contribution in [1.82, 2.24) is 5.43 Å². The summed E-state index contributed by atoms with van der Waals surface area (Å²) in [5.74, 6) is 0.798. The lowest BCUT2D eigenvalue weighted by Crippen LogP contribution is -2.13. The van der Waals surface area contributed by atoms with Gasteiger partial charge in [-0.05, 0) is 48.4 Å². The van der Waals surface area contributed by atoms with Crippen LogP contribution in [-0.2, 0) is 11.2 Å². The lowest BCUT2D eigenvalue weighted by atomic mass is 9.98. The summed E-state index contributed by atoms with van der Waals surface area (Å²) in [6, 6.07) is 13.9. The minimum atomic E-state index is 0.572. The average Bonchev–Trinajstić information content (AvgIpc) is 2.59. The van der Waals surface area contributed by atoms with Crippen molar-refractivity contribution in [2.45, 2.75) is 13.3 Å². The Kier molecular flexibility index (Phi) is 5.74. The van der Waals surface area contributed by atoms with Crippen molar-refractivity contribution in [1.29, 1.82) is 0 Å². The first-order valence-electron chi connectivity index (χ1n) is 7.35. The largest absolute Gasteiger partial charge is 0.497 e. The van der Waals surface area contributed by atoms with Crippen LogP contribution in [-0.4, -0.2) is 26.3 Å². The third kappa shape index (κ3) is 4.32. The van der Waals surface area contributed by atoms with Crippen molar-refractivity contribution in [2.75, 3.05) is 19.5 Å². The molecule has 0 radical (unpaired) electrons. The van der Waals surface area contributed by atoms with Crippen molar-refractivity contribution in [3.05, 3.63) is 59.2 Å². The first-order valence-corrected chi connectivity index (χ1v) is 7.35. The minimum absolute atomic E-state index is 0.572. The number of carbonyl (C=O) groups is 1.